The van der Waals surface area contributed by atoms with E-state index in [1.54, 1.807) is 12.3 Å². The van der Waals surface area contributed by atoms with E-state index < -0.39 is 0 Å². The van der Waals surface area contributed by atoms with Crippen LogP contribution in [0.3, 0.4) is 0 Å². The monoisotopic (exact) mass is 158 g/mol. The van der Waals surface area contributed by atoms with Gasteiger partial charge in [0.2, 0.25) is 0 Å². The highest BCUT2D eigenvalue weighted by Gasteiger charge is 2.01. The molecular formula is C9H18O2. The highest BCUT2D eigenvalue weighted by atomic mass is 16.5. The maximum atomic E-state index is 9.28. The maximum Gasteiger partial charge on any atom is 0.0845 e. The van der Waals surface area contributed by atoms with E-state index in [0.29, 0.717) is 12.5 Å². The Kier molecular flexibility index (Phi) is 5.94. The molecule has 11 heavy (non-hydrogen) atoms. The van der Waals surface area contributed by atoms with Crippen molar-refractivity contribution in [3.8, 4) is 0 Å². The molecule has 0 amide bonds. The molecule has 0 aliphatic heterocycles. The maximum absolute atomic E-state index is 9.28. The lowest BCUT2D eigenvalue weighted by molar-refractivity contribution is 0.186. The minimum Gasteiger partial charge on any atom is -0.502 e. The molecule has 66 valence electrons. The molecule has 0 aromatic carbocycles. The lowest BCUT2D eigenvalue weighted by Gasteiger charge is -2.07. The predicted octanol–water partition coefficient (Wildman–Crippen LogP) is 1.94. The van der Waals surface area contributed by atoms with Gasteiger partial charge >= 0.3 is 0 Å². The lowest BCUT2D eigenvalue weighted by atomic mass is 10.1. The predicted molar refractivity (Wildman–Crippen MR) is 46.2 cm³/mol. The first kappa shape index (κ1) is 10.5. The van der Waals surface area contributed by atoms with Crippen LogP contribution in [0.5, 0.6) is 0 Å². The zero-order valence-electron chi connectivity index (χ0n) is 7.58. The van der Waals surface area contributed by atoms with Crippen LogP contribution in [0.4, 0.5) is 0 Å². The largest absolute Gasteiger partial charge is 0.502 e. The summed E-state index contributed by atoms with van der Waals surface area (Å²) in [6.07, 6.45) is 3.68. The van der Waals surface area contributed by atoms with Crippen molar-refractivity contribution >= 4 is 0 Å². The van der Waals surface area contributed by atoms with Crippen LogP contribution in [0.2, 0.25) is 0 Å². The standard InChI is InChI=1S/C9H18O2/c1-4-11-6-5-9(10)7-8(2)3/h5-6,8-10H,4,7H2,1-3H3/b6-5+/t9-/m0/s1. The molecule has 0 radical (unpaired) electrons. The topological polar surface area (TPSA) is 29.5 Å². The van der Waals surface area contributed by atoms with Gasteiger partial charge in [-0.05, 0) is 25.3 Å². The van der Waals surface area contributed by atoms with Crippen molar-refractivity contribution in [3.63, 3.8) is 0 Å². The molecule has 0 unspecified atom stereocenters. The summed E-state index contributed by atoms with van der Waals surface area (Å²) in [7, 11) is 0. The molecule has 0 fully saturated rings. The number of ether oxygens (including phenoxy) is 1. The fourth-order valence-corrected chi connectivity index (χ4v) is 0.804. The van der Waals surface area contributed by atoms with Gasteiger partial charge in [-0.3, -0.25) is 0 Å². The van der Waals surface area contributed by atoms with Crippen LogP contribution in [-0.4, -0.2) is 17.8 Å². The van der Waals surface area contributed by atoms with E-state index >= 15 is 0 Å². The van der Waals surface area contributed by atoms with E-state index in [4.69, 9.17) is 4.74 Å². The van der Waals surface area contributed by atoms with Gasteiger partial charge in [-0.25, -0.2) is 0 Å². The minimum atomic E-state index is -0.360. The molecule has 0 saturated heterocycles. The van der Waals surface area contributed by atoms with E-state index in [1.807, 2.05) is 6.92 Å². The van der Waals surface area contributed by atoms with Crippen molar-refractivity contribution in [1.82, 2.24) is 0 Å². The third-order valence-corrected chi connectivity index (χ3v) is 1.28. The molecule has 0 spiro atoms. The summed E-state index contributed by atoms with van der Waals surface area (Å²) in [4.78, 5) is 0. The first-order valence-corrected chi connectivity index (χ1v) is 4.13. The highest BCUT2D eigenvalue weighted by molar-refractivity contribution is 4.83. The minimum absolute atomic E-state index is 0.360. The Bertz CT molecular complexity index is 108. The molecule has 0 aliphatic carbocycles. The van der Waals surface area contributed by atoms with Gasteiger partial charge in [0.05, 0.1) is 19.0 Å². The van der Waals surface area contributed by atoms with Gasteiger partial charge in [-0.2, -0.15) is 0 Å². The molecule has 1 N–H and O–H groups in total. The van der Waals surface area contributed by atoms with Crippen LogP contribution in [0, 0.1) is 5.92 Å². The second kappa shape index (κ2) is 6.23. The van der Waals surface area contributed by atoms with Crippen molar-refractivity contribution in [1.29, 1.82) is 0 Å². The Hall–Kier alpha value is -0.500. The normalized spacial score (nSPS) is 14.3. The van der Waals surface area contributed by atoms with Crippen LogP contribution >= 0.6 is 0 Å². The Balaban J connectivity index is 3.42. The van der Waals surface area contributed by atoms with E-state index in [9.17, 15) is 5.11 Å². The molecule has 0 rings (SSSR count). The zero-order chi connectivity index (χ0) is 8.69. The van der Waals surface area contributed by atoms with Crippen molar-refractivity contribution in [2.24, 2.45) is 5.92 Å². The molecule has 1 atom stereocenters. The van der Waals surface area contributed by atoms with Crippen LogP contribution in [0.1, 0.15) is 27.2 Å². The summed E-state index contributed by atoms with van der Waals surface area (Å²) in [5.41, 5.74) is 0. The van der Waals surface area contributed by atoms with Crippen molar-refractivity contribution < 1.29 is 9.84 Å². The lowest BCUT2D eigenvalue weighted by Crippen LogP contribution is -2.06. The third kappa shape index (κ3) is 7.40. The van der Waals surface area contributed by atoms with Crippen molar-refractivity contribution in [2.75, 3.05) is 6.61 Å². The Morgan fingerprint density at radius 1 is 1.45 bits per heavy atom. The van der Waals surface area contributed by atoms with Crippen molar-refractivity contribution in [3.05, 3.63) is 12.3 Å². The SMILES string of the molecule is CCO/C=C/[C@H](O)CC(C)C. The highest BCUT2D eigenvalue weighted by Crippen LogP contribution is 2.04. The summed E-state index contributed by atoms with van der Waals surface area (Å²) in [5, 5.41) is 9.28. The van der Waals surface area contributed by atoms with Crippen LogP contribution < -0.4 is 0 Å². The molecule has 0 saturated carbocycles. The van der Waals surface area contributed by atoms with E-state index in [1.165, 1.54) is 0 Å². The molecule has 0 aromatic heterocycles. The molecular weight excluding hydrogens is 140 g/mol. The third-order valence-electron chi connectivity index (χ3n) is 1.28. The summed E-state index contributed by atoms with van der Waals surface area (Å²) in [6, 6.07) is 0. The Labute approximate surface area is 68.9 Å². The van der Waals surface area contributed by atoms with Gasteiger partial charge in [0.15, 0.2) is 0 Å². The van der Waals surface area contributed by atoms with Crippen LogP contribution in [0.15, 0.2) is 12.3 Å². The smallest absolute Gasteiger partial charge is 0.0845 e. The number of rotatable bonds is 5. The second-order valence-corrected chi connectivity index (χ2v) is 2.98. The fourth-order valence-electron chi connectivity index (χ4n) is 0.804. The fraction of sp³-hybridized carbons (Fsp3) is 0.778. The Morgan fingerprint density at radius 2 is 2.09 bits per heavy atom. The van der Waals surface area contributed by atoms with E-state index in [2.05, 4.69) is 13.8 Å². The second-order valence-electron chi connectivity index (χ2n) is 2.98. The summed E-state index contributed by atoms with van der Waals surface area (Å²) >= 11 is 0. The van der Waals surface area contributed by atoms with Gasteiger partial charge in [0, 0.05) is 0 Å². The van der Waals surface area contributed by atoms with Gasteiger partial charge < -0.3 is 9.84 Å². The van der Waals surface area contributed by atoms with E-state index in [-0.39, 0.29) is 6.10 Å². The Morgan fingerprint density at radius 3 is 2.55 bits per heavy atom. The van der Waals surface area contributed by atoms with Gasteiger partial charge in [0.25, 0.3) is 0 Å². The number of aliphatic hydroxyl groups is 1. The van der Waals surface area contributed by atoms with Gasteiger partial charge in [0.1, 0.15) is 0 Å². The first-order valence-electron chi connectivity index (χ1n) is 4.13. The molecule has 0 bridgehead atoms. The molecule has 0 aromatic rings. The van der Waals surface area contributed by atoms with Gasteiger partial charge in [-0.15, -0.1) is 0 Å². The molecule has 0 aliphatic rings. The van der Waals surface area contributed by atoms with Crippen LogP contribution in [-0.2, 0) is 4.74 Å². The summed E-state index contributed by atoms with van der Waals surface area (Å²) in [5.74, 6) is 0.524. The summed E-state index contributed by atoms with van der Waals surface area (Å²) in [6.45, 7) is 6.74. The van der Waals surface area contributed by atoms with Crippen LogP contribution in [0.25, 0.3) is 0 Å². The summed E-state index contributed by atoms with van der Waals surface area (Å²) < 4.78 is 4.95. The first-order chi connectivity index (χ1) is 5.16. The zero-order valence-corrected chi connectivity index (χ0v) is 7.58. The number of hydrogen-bond donors (Lipinski definition) is 1. The average molecular weight is 158 g/mol. The molecule has 2 nitrogen and oxygen atoms in total. The quantitative estimate of drug-likeness (QED) is 0.620. The number of hydrogen-bond acceptors (Lipinski definition) is 2. The molecule has 2 heteroatoms. The van der Waals surface area contributed by atoms with Gasteiger partial charge in [-0.1, -0.05) is 13.8 Å². The van der Waals surface area contributed by atoms with Crippen molar-refractivity contribution in [2.45, 2.75) is 33.3 Å². The number of aliphatic hydroxyl groups excluding tert-OH is 1. The molecule has 0 heterocycles. The average Bonchev–Trinajstić information content (AvgIpc) is 1.86. The van der Waals surface area contributed by atoms with E-state index in [0.717, 1.165) is 6.42 Å².